The first kappa shape index (κ1) is 18.8. The van der Waals surface area contributed by atoms with Gasteiger partial charge in [0.15, 0.2) is 9.79 Å². The third-order valence-electron chi connectivity index (χ3n) is 3.81. The third-order valence-corrected chi connectivity index (χ3v) is 5.51. The lowest BCUT2D eigenvalue weighted by Gasteiger charge is -2.11. The molecule has 3 rings (SSSR count). The van der Waals surface area contributed by atoms with Gasteiger partial charge < -0.3 is 4.55 Å². The first-order valence-electron chi connectivity index (χ1n) is 7.57. The molecule has 0 fully saturated rings. The zero-order chi connectivity index (χ0) is 19.6. The summed E-state index contributed by atoms with van der Waals surface area (Å²) in [5.74, 6) is 0. The number of nitro groups is 2. The zero-order valence-corrected chi connectivity index (χ0v) is 15.1. The van der Waals surface area contributed by atoms with E-state index in [1.165, 1.54) is 30.3 Å². The van der Waals surface area contributed by atoms with Crippen LogP contribution in [0.1, 0.15) is 0 Å². The minimum absolute atomic E-state index is 0.000747. The Morgan fingerprint density at radius 3 is 1.78 bits per heavy atom. The van der Waals surface area contributed by atoms with Gasteiger partial charge in [0.25, 0.3) is 11.4 Å². The lowest BCUT2D eigenvalue weighted by Crippen LogP contribution is -2.03. The highest BCUT2D eigenvalue weighted by molar-refractivity contribution is 7.91. The molecule has 1 unspecified atom stereocenters. The molecule has 0 aliphatic carbocycles. The molecular formula is C18H11ClN2O5S. The van der Waals surface area contributed by atoms with Gasteiger partial charge in [0.1, 0.15) is 5.02 Å². The van der Waals surface area contributed by atoms with E-state index >= 15 is 0 Å². The van der Waals surface area contributed by atoms with Crippen molar-refractivity contribution >= 4 is 34.2 Å². The van der Waals surface area contributed by atoms with E-state index in [-0.39, 0.29) is 21.3 Å². The molecule has 0 aromatic heterocycles. The third kappa shape index (κ3) is 4.08. The van der Waals surface area contributed by atoms with Crippen molar-refractivity contribution in [2.24, 2.45) is 0 Å². The number of halogens is 1. The van der Waals surface area contributed by atoms with E-state index < -0.39 is 21.0 Å². The molecule has 136 valence electrons. The molecule has 0 bridgehead atoms. The highest BCUT2D eigenvalue weighted by Gasteiger charge is 2.21. The second-order valence-corrected chi connectivity index (χ2v) is 7.35. The SMILES string of the molecule is O=[N+]([O-])c1ccc(-c2ccc([S+]([O-])c3ccc(Cl)c([N+](=O)[O-])c3)cc2)cc1. The molecule has 0 saturated carbocycles. The molecule has 0 N–H and O–H groups in total. The van der Waals surface area contributed by atoms with E-state index in [0.29, 0.717) is 4.90 Å². The van der Waals surface area contributed by atoms with Gasteiger partial charge in [-0.1, -0.05) is 11.6 Å². The lowest BCUT2D eigenvalue weighted by molar-refractivity contribution is -0.385. The molecule has 3 aromatic rings. The van der Waals surface area contributed by atoms with Crippen LogP contribution in [0.4, 0.5) is 11.4 Å². The summed E-state index contributed by atoms with van der Waals surface area (Å²) in [6.07, 6.45) is 0. The van der Waals surface area contributed by atoms with Gasteiger partial charge in [-0.15, -0.1) is 0 Å². The van der Waals surface area contributed by atoms with Crippen molar-refractivity contribution < 1.29 is 14.4 Å². The number of hydrogen-bond acceptors (Lipinski definition) is 5. The van der Waals surface area contributed by atoms with Crippen molar-refractivity contribution in [1.82, 2.24) is 0 Å². The van der Waals surface area contributed by atoms with Gasteiger partial charge in [0.2, 0.25) is 0 Å². The molecule has 0 aliphatic rings. The summed E-state index contributed by atoms with van der Waals surface area (Å²) in [6, 6.07) is 16.9. The number of nitro benzene ring substituents is 2. The Hall–Kier alpha value is -2.94. The highest BCUT2D eigenvalue weighted by atomic mass is 35.5. The van der Waals surface area contributed by atoms with Crippen LogP contribution in [0.5, 0.6) is 0 Å². The van der Waals surface area contributed by atoms with Gasteiger partial charge in [-0.3, -0.25) is 20.2 Å². The molecule has 0 heterocycles. The normalized spacial score (nSPS) is 11.8. The van der Waals surface area contributed by atoms with Crippen molar-refractivity contribution in [1.29, 1.82) is 0 Å². The Kier molecular flexibility index (Phi) is 5.41. The Morgan fingerprint density at radius 2 is 1.26 bits per heavy atom. The van der Waals surface area contributed by atoms with E-state index in [4.69, 9.17) is 11.6 Å². The van der Waals surface area contributed by atoms with E-state index in [1.54, 1.807) is 36.4 Å². The van der Waals surface area contributed by atoms with Crippen LogP contribution in [0, 0.1) is 20.2 Å². The fraction of sp³-hybridized carbons (Fsp3) is 0. The molecule has 1 atom stereocenters. The average molecular weight is 403 g/mol. The van der Waals surface area contributed by atoms with Gasteiger partial charge in [-0.05, 0) is 59.7 Å². The van der Waals surface area contributed by atoms with E-state index in [0.717, 1.165) is 11.1 Å². The van der Waals surface area contributed by atoms with Crippen molar-refractivity contribution in [3.05, 3.63) is 92.0 Å². The molecule has 3 aromatic carbocycles. The first-order valence-corrected chi connectivity index (χ1v) is 9.10. The summed E-state index contributed by atoms with van der Waals surface area (Å²) in [5.41, 5.74) is 1.28. The summed E-state index contributed by atoms with van der Waals surface area (Å²) in [6.45, 7) is 0. The standard InChI is InChI=1S/C18H11ClN2O5S/c19-17-10-9-16(11-18(17)21(24)25)27(26)15-7-3-13(4-8-15)12-1-5-14(6-2-12)20(22)23/h1-11H. The molecule has 0 amide bonds. The summed E-state index contributed by atoms with van der Waals surface area (Å²) in [7, 11) is 0. The molecule has 0 aliphatic heterocycles. The second kappa shape index (κ2) is 7.75. The van der Waals surface area contributed by atoms with Gasteiger partial charge in [0.05, 0.1) is 15.9 Å². The highest BCUT2D eigenvalue weighted by Crippen LogP contribution is 2.31. The van der Waals surface area contributed by atoms with Crippen LogP contribution in [0.3, 0.4) is 0 Å². The summed E-state index contributed by atoms with van der Waals surface area (Å²) in [5, 5.41) is 21.7. The van der Waals surface area contributed by atoms with Crippen LogP contribution in [-0.2, 0) is 11.2 Å². The molecule has 27 heavy (non-hydrogen) atoms. The quantitative estimate of drug-likeness (QED) is 0.339. The largest absolute Gasteiger partial charge is 0.606 e. The molecule has 7 nitrogen and oxygen atoms in total. The van der Waals surface area contributed by atoms with Gasteiger partial charge in [-0.25, -0.2) is 0 Å². The average Bonchev–Trinajstić information content (AvgIpc) is 2.68. The lowest BCUT2D eigenvalue weighted by atomic mass is 10.1. The second-order valence-electron chi connectivity index (χ2n) is 5.47. The van der Waals surface area contributed by atoms with Crippen LogP contribution in [-0.4, -0.2) is 14.4 Å². The number of non-ortho nitro benzene ring substituents is 1. The summed E-state index contributed by atoms with van der Waals surface area (Å²) in [4.78, 5) is 21.3. The van der Waals surface area contributed by atoms with Gasteiger partial charge >= 0.3 is 0 Å². The predicted molar refractivity (Wildman–Crippen MR) is 101 cm³/mol. The minimum atomic E-state index is -1.61. The van der Waals surface area contributed by atoms with E-state index in [1.807, 2.05) is 0 Å². The van der Waals surface area contributed by atoms with Crippen LogP contribution in [0.2, 0.25) is 5.02 Å². The predicted octanol–water partition coefficient (Wildman–Crippen LogP) is 4.99. The minimum Gasteiger partial charge on any atom is -0.606 e. The summed E-state index contributed by atoms with van der Waals surface area (Å²) >= 11 is 4.17. The fourth-order valence-electron chi connectivity index (χ4n) is 2.43. The maximum Gasteiger partial charge on any atom is 0.292 e. The van der Waals surface area contributed by atoms with Crippen LogP contribution in [0.15, 0.2) is 76.5 Å². The fourth-order valence-corrected chi connectivity index (χ4v) is 3.68. The molecule has 9 heteroatoms. The molecule has 0 radical (unpaired) electrons. The summed E-state index contributed by atoms with van der Waals surface area (Å²) < 4.78 is 12.7. The Bertz CT molecular complexity index is 1010. The number of hydrogen-bond donors (Lipinski definition) is 0. The van der Waals surface area contributed by atoms with Gasteiger partial charge in [-0.2, -0.15) is 0 Å². The maximum atomic E-state index is 12.7. The van der Waals surface area contributed by atoms with Gasteiger partial charge in [0, 0.05) is 23.3 Å². The van der Waals surface area contributed by atoms with Crippen LogP contribution >= 0.6 is 11.6 Å². The monoisotopic (exact) mass is 402 g/mol. The topological polar surface area (TPSA) is 109 Å². The maximum absolute atomic E-state index is 12.7. The van der Waals surface area contributed by atoms with E-state index in [2.05, 4.69) is 0 Å². The Morgan fingerprint density at radius 1 is 0.741 bits per heavy atom. The smallest absolute Gasteiger partial charge is 0.292 e. The number of rotatable bonds is 5. The molecule has 0 saturated heterocycles. The zero-order valence-electron chi connectivity index (χ0n) is 13.6. The molecule has 0 spiro atoms. The Labute approximate surface area is 161 Å². The Balaban J connectivity index is 1.85. The van der Waals surface area contributed by atoms with Crippen molar-refractivity contribution in [3.8, 4) is 11.1 Å². The van der Waals surface area contributed by atoms with Crippen molar-refractivity contribution in [2.45, 2.75) is 9.79 Å². The van der Waals surface area contributed by atoms with Crippen molar-refractivity contribution in [2.75, 3.05) is 0 Å². The number of benzene rings is 3. The van der Waals surface area contributed by atoms with E-state index in [9.17, 15) is 24.8 Å². The van der Waals surface area contributed by atoms with Crippen LogP contribution < -0.4 is 0 Å². The molecular weight excluding hydrogens is 392 g/mol. The number of nitrogens with zero attached hydrogens (tertiary/aromatic N) is 2. The first-order chi connectivity index (χ1) is 12.9. The van der Waals surface area contributed by atoms with Crippen molar-refractivity contribution in [3.63, 3.8) is 0 Å². The van der Waals surface area contributed by atoms with Crippen LogP contribution in [0.25, 0.3) is 11.1 Å².